The maximum Gasteiger partial charge on any atom is 0.343 e. The van der Waals surface area contributed by atoms with Crippen LogP contribution in [0.4, 0.5) is 5.69 Å². The molecule has 0 fully saturated rings. The average molecular weight is 424 g/mol. The fourth-order valence-corrected chi connectivity index (χ4v) is 4.52. The van der Waals surface area contributed by atoms with Crippen LogP contribution in [0.15, 0.2) is 48.5 Å². The number of esters is 1. The fourth-order valence-electron chi connectivity index (χ4n) is 4.52. The van der Waals surface area contributed by atoms with Crippen molar-refractivity contribution in [1.29, 1.82) is 0 Å². The molecule has 0 heterocycles. The van der Waals surface area contributed by atoms with Gasteiger partial charge in [0.1, 0.15) is 5.75 Å². The Balaban J connectivity index is 1.80. The van der Waals surface area contributed by atoms with Crippen molar-refractivity contribution in [2.24, 2.45) is 23.7 Å². The van der Waals surface area contributed by atoms with Gasteiger partial charge in [0, 0.05) is 12.2 Å². The fraction of sp³-hybridized carbons (Fsp3) is 0.536. The average Bonchev–Trinajstić information content (AvgIpc) is 2.72. The van der Waals surface area contributed by atoms with Crippen molar-refractivity contribution in [3.05, 3.63) is 59.7 Å². The van der Waals surface area contributed by atoms with Crippen molar-refractivity contribution in [3.8, 4) is 5.75 Å². The molecule has 0 aromatic heterocycles. The molecule has 0 bridgehead atoms. The third-order valence-electron chi connectivity index (χ3n) is 5.81. The molecule has 0 aliphatic heterocycles. The van der Waals surface area contributed by atoms with Gasteiger partial charge in [0.25, 0.3) is 0 Å². The molecule has 3 atom stereocenters. The van der Waals surface area contributed by atoms with Crippen LogP contribution in [0.25, 0.3) is 0 Å². The Morgan fingerprint density at radius 1 is 0.839 bits per heavy atom. The van der Waals surface area contributed by atoms with Gasteiger partial charge >= 0.3 is 5.97 Å². The van der Waals surface area contributed by atoms with Gasteiger partial charge in [0.2, 0.25) is 0 Å². The number of ether oxygens (including phenoxy) is 1. The molecule has 0 spiro atoms. The van der Waals surface area contributed by atoms with Gasteiger partial charge in [-0.15, -0.1) is 0 Å². The number of nitrogens with one attached hydrogen (secondary N) is 1. The van der Waals surface area contributed by atoms with Crippen molar-refractivity contribution in [3.63, 3.8) is 0 Å². The molecule has 31 heavy (non-hydrogen) atoms. The smallest absolute Gasteiger partial charge is 0.343 e. The van der Waals surface area contributed by atoms with E-state index in [0.29, 0.717) is 17.2 Å². The van der Waals surface area contributed by atoms with Gasteiger partial charge in [-0.1, -0.05) is 59.7 Å². The van der Waals surface area contributed by atoms with E-state index in [1.165, 1.54) is 19.3 Å². The highest BCUT2D eigenvalue weighted by Gasteiger charge is 2.14. The summed E-state index contributed by atoms with van der Waals surface area (Å²) in [6, 6.07) is 15.3. The molecule has 3 nitrogen and oxygen atoms in total. The predicted molar refractivity (Wildman–Crippen MR) is 132 cm³/mol. The van der Waals surface area contributed by atoms with Gasteiger partial charge in [-0.05, 0) is 85.3 Å². The number of carbonyl (C=O) groups is 1. The minimum absolute atomic E-state index is 0.315. The summed E-state index contributed by atoms with van der Waals surface area (Å²) in [4.78, 5) is 12.5. The Kier molecular flexibility index (Phi) is 10.1. The Hall–Kier alpha value is -2.29. The van der Waals surface area contributed by atoms with E-state index in [9.17, 15) is 4.79 Å². The molecule has 0 aliphatic carbocycles. The molecule has 0 aliphatic rings. The number of para-hydroxylation sites is 1. The summed E-state index contributed by atoms with van der Waals surface area (Å²) >= 11 is 0. The monoisotopic (exact) mass is 423 g/mol. The number of carbonyl (C=O) groups excluding carboxylic acids is 1. The van der Waals surface area contributed by atoms with E-state index in [2.05, 4.69) is 46.9 Å². The van der Waals surface area contributed by atoms with E-state index in [0.717, 1.165) is 42.0 Å². The third kappa shape index (κ3) is 8.77. The van der Waals surface area contributed by atoms with Gasteiger partial charge in [-0.3, -0.25) is 0 Å². The Morgan fingerprint density at radius 2 is 1.45 bits per heavy atom. The molecule has 2 rings (SSSR count). The highest BCUT2D eigenvalue weighted by molar-refractivity contribution is 5.91. The molecule has 0 saturated heterocycles. The zero-order valence-corrected chi connectivity index (χ0v) is 20.3. The number of benzene rings is 2. The number of anilines is 1. The molecule has 0 saturated carbocycles. The normalized spacial score (nSPS) is 14.2. The van der Waals surface area contributed by atoms with Crippen LogP contribution in [-0.4, -0.2) is 12.5 Å². The van der Waals surface area contributed by atoms with E-state index in [4.69, 9.17) is 4.74 Å². The molecule has 0 amide bonds. The number of hydrogen-bond donors (Lipinski definition) is 1. The zero-order valence-electron chi connectivity index (χ0n) is 20.3. The molecule has 0 radical (unpaired) electrons. The van der Waals surface area contributed by atoms with Crippen LogP contribution < -0.4 is 10.1 Å². The summed E-state index contributed by atoms with van der Waals surface area (Å²) in [5.41, 5.74) is 2.64. The van der Waals surface area contributed by atoms with Crippen LogP contribution in [0.3, 0.4) is 0 Å². The van der Waals surface area contributed by atoms with Gasteiger partial charge < -0.3 is 10.1 Å². The Labute approximate surface area is 189 Å². The van der Waals surface area contributed by atoms with Gasteiger partial charge in [-0.25, -0.2) is 4.79 Å². The first kappa shape index (κ1) is 25.0. The van der Waals surface area contributed by atoms with Crippen LogP contribution in [0.2, 0.25) is 0 Å². The largest absolute Gasteiger partial charge is 0.423 e. The molecule has 2 aromatic rings. The van der Waals surface area contributed by atoms with Gasteiger partial charge in [0.05, 0.1) is 5.56 Å². The first-order chi connectivity index (χ1) is 14.8. The first-order valence-electron chi connectivity index (χ1n) is 11.9. The second-order valence-electron chi connectivity index (χ2n) is 9.73. The van der Waals surface area contributed by atoms with Crippen molar-refractivity contribution < 1.29 is 9.53 Å². The summed E-state index contributed by atoms with van der Waals surface area (Å²) in [6.45, 7) is 14.7. The lowest BCUT2D eigenvalue weighted by Gasteiger charge is -2.22. The molecular formula is C28H41NO2. The van der Waals surface area contributed by atoms with E-state index < -0.39 is 0 Å². The van der Waals surface area contributed by atoms with Crippen LogP contribution >= 0.6 is 0 Å². The zero-order chi connectivity index (χ0) is 22.8. The quantitative estimate of drug-likeness (QED) is 0.282. The number of aryl methyl sites for hydroxylation is 1. The van der Waals surface area contributed by atoms with Crippen molar-refractivity contribution >= 4 is 11.7 Å². The standard InChI is InChI=1S/C28H41NO2/c1-7-24-10-8-9-11-27(24)31-28(30)25-12-14-26(15-13-25)29-19-23(6)18-22(5)17-21(4)16-20(2)3/h8-15,20-23,29H,7,16-19H2,1-6H3. The number of rotatable bonds is 12. The molecule has 170 valence electrons. The van der Waals surface area contributed by atoms with E-state index >= 15 is 0 Å². The SMILES string of the molecule is CCc1ccccc1OC(=O)c1ccc(NCC(C)CC(C)CC(C)CC(C)C)cc1. The second kappa shape index (κ2) is 12.5. The maximum absolute atomic E-state index is 12.5. The second-order valence-corrected chi connectivity index (χ2v) is 9.73. The van der Waals surface area contributed by atoms with Crippen LogP contribution in [0, 0.1) is 23.7 Å². The summed E-state index contributed by atoms with van der Waals surface area (Å²) < 4.78 is 5.60. The summed E-state index contributed by atoms with van der Waals surface area (Å²) in [5.74, 6) is 3.26. The molecule has 3 heteroatoms. The predicted octanol–water partition coefficient (Wildman–Crippen LogP) is 7.61. The van der Waals surface area contributed by atoms with E-state index in [1.54, 1.807) is 0 Å². The van der Waals surface area contributed by atoms with Crippen molar-refractivity contribution in [2.75, 3.05) is 11.9 Å². The maximum atomic E-state index is 12.5. The lowest BCUT2D eigenvalue weighted by Crippen LogP contribution is -2.16. The summed E-state index contributed by atoms with van der Waals surface area (Å²) in [7, 11) is 0. The van der Waals surface area contributed by atoms with E-state index in [1.807, 2.05) is 48.5 Å². The number of hydrogen-bond acceptors (Lipinski definition) is 3. The highest BCUT2D eigenvalue weighted by atomic mass is 16.5. The summed E-state index contributed by atoms with van der Waals surface area (Å²) in [6.07, 6.45) is 4.69. The highest BCUT2D eigenvalue weighted by Crippen LogP contribution is 2.24. The molecule has 2 aromatic carbocycles. The Bertz CT molecular complexity index is 797. The lowest BCUT2D eigenvalue weighted by molar-refractivity contribution is 0.0733. The lowest BCUT2D eigenvalue weighted by atomic mass is 9.86. The van der Waals surface area contributed by atoms with E-state index in [-0.39, 0.29) is 5.97 Å². The van der Waals surface area contributed by atoms with Crippen LogP contribution in [0.1, 0.15) is 76.7 Å². The van der Waals surface area contributed by atoms with Crippen molar-refractivity contribution in [2.45, 2.75) is 67.2 Å². The third-order valence-corrected chi connectivity index (χ3v) is 5.81. The minimum Gasteiger partial charge on any atom is -0.423 e. The first-order valence-corrected chi connectivity index (χ1v) is 11.9. The van der Waals surface area contributed by atoms with Crippen LogP contribution in [0.5, 0.6) is 5.75 Å². The summed E-state index contributed by atoms with van der Waals surface area (Å²) in [5, 5.41) is 3.52. The molecular weight excluding hydrogens is 382 g/mol. The Morgan fingerprint density at radius 3 is 2.10 bits per heavy atom. The topological polar surface area (TPSA) is 38.3 Å². The van der Waals surface area contributed by atoms with Gasteiger partial charge in [0.15, 0.2) is 0 Å². The van der Waals surface area contributed by atoms with Crippen molar-refractivity contribution in [1.82, 2.24) is 0 Å². The minimum atomic E-state index is -0.315. The molecule has 3 unspecified atom stereocenters. The molecule has 1 N–H and O–H groups in total. The van der Waals surface area contributed by atoms with Crippen LogP contribution in [-0.2, 0) is 6.42 Å². The van der Waals surface area contributed by atoms with Gasteiger partial charge in [-0.2, -0.15) is 0 Å².